The number of rotatable bonds is 3. The Kier molecular flexibility index (Phi) is 3.10. The van der Waals surface area contributed by atoms with E-state index < -0.39 is 5.54 Å². The van der Waals surface area contributed by atoms with Crippen LogP contribution in [0, 0.1) is 18.3 Å². The molecular formula is C11H14N2O. The van der Waals surface area contributed by atoms with Crippen LogP contribution in [-0.4, -0.2) is 12.1 Å². The van der Waals surface area contributed by atoms with Gasteiger partial charge in [0.1, 0.15) is 17.9 Å². The molecule has 1 unspecified atom stereocenters. The standard InChI is InChI=1S/C11H14N2O/c1-9-3-5-10(6-4-9)14-8-11(2,13)7-12/h3-6H,8,13H2,1-2H3. The summed E-state index contributed by atoms with van der Waals surface area (Å²) in [6.07, 6.45) is 0. The number of hydrogen-bond donors (Lipinski definition) is 1. The Balaban J connectivity index is 2.55. The minimum Gasteiger partial charge on any atom is -0.491 e. The van der Waals surface area contributed by atoms with Crippen molar-refractivity contribution in [3.8, 4) is 11.8 Å². The fourth-order valence-corrected chi connectivity index (χ4v) is 0.900. The maximum atomic E-state index is 8.66. The first kappa shape index (κ1) is 10.6. The zero-order chi connectivity index (χ0) is 10.6. The fraction of sp³-hybridized carbons (Fsp3) is 0.364. The van der Waals surface area contributed by atoms with E-state index in [9.17, 15) is 0 Å². The van der Waals surface area contributed by atoms with Crippen LogP contribution in [0.4, 0.5) is 0 Å². The van der Waals surface area contributed by atoms with Crippen molar-refractivity contribution in [3.05, 3.63) is 29.8 Å². The van der Waals surface area contributed by atoms with Crippen LogP contribution in [0.2, 0.25) is 0 Å². The highest BCUT2D eigenvalue weighted by atomic mass is 16.5. The van der Waals surface area contributed by atoms with Crippen molar-refractivity contribution in [1.29, 1.82) is 5.26 Å². The van der Waals surface area contributed by atoms with Gasteiger partial charge in [-0.15, -0.1) is 0 Å². The quantitative estimate of drug-likeness (QED) is 0.787. The minimum atomic E-state index is -0.926. The molecule has 0 saturated heterocycles. The Bertz CT molecular complexity index is 335. The maximum Gasteiger partial charge on any atom is 0.135 e. The number of aryl methyl sites for hydroxylation is 1. The van der Waals surface area contributed by atoms with E-state index in [1.807, 2.05) is 37.3 Å². The summed E-state index contributed by atoms with van der Waals surface area (Å²) < 4.78 is 5.37. The zero-order valence-corrected chi connectivity index (χ0v) is 8.45. The molecule has 3 heteroatoms. The summed E-state index contributed by atoms with van der Waals surface area (Å²) in [6, 6.07) is 9.61. The zero-order valence-electron chi connectivity index (χ0n) is 8.45. The SMILES string of the molecule is Cc1ccc(OCC(C)(N)C#N)cc1. The molecule has 0 aromatic heterocycles. The van der Waals surface area contributed by atoms with Gasteiger partial charge in [-0.05, 0) is 26.0 Å². The van der Waals surface area contributed by atoms with E-state index in [4.69, 9.17) is 15.7 Å². The molecule has 0 bridgehead atoms. The Labute approximate surface area is 84.1 Å². The largest absolute Gasteiger partial charge is 0.491 e. The van der Waals surface area contributed by atoms with Crippen LogP contribution >= 0.6 is 0 Å². The molecule has 0 fully saturated rings. The van der Waals surface area contributed by atoms with Crippen LogP contribution in [0.5, 0.6) is 5.75 Å². The number of nitrogens with zero attached hydrogens (tertiary/aromatic N) is 1. The summed E-state index contributed by atoms with van der Waals surface area (Å²) in [5, 5.41) is 8.66. The molecule has 2 N–H and O–H groups in total. The molecule has 0 radical (unpaired) electrons. The van der Waals surface area contributed by atoms with Gasteiger partial charge < -0.3 is 10.5 Å². The average molecular weight is 190 g/mol. The van der Waals surface area contributed by atoms with Crippen molar-refractivity contribution >= 4 is 0 Å². The van der Waals surface area contributed by atoms with Gasteiger partial charge in [0.25, 0.3) is 0 Å². The number of nitrogens with two attached hydrogens (primary N) is 1. The van der Waals surface area contributed by atoms with Gasteiger partial charge in [0.2, 0.25) is 0 Å². The third-order valence-corrected chi connectivity index (χ3v) is 1.82. The molecule has 3 nitrogen and oxygen atoms in total. The summed E-state index contributed by atoms with van der Waals surface area (Å²) in [4.78, 5) is 0. The predicted molar refractivity (Wildman–Crippen MR) is 54.9 cm³/mol. The molecule has 1 atom stereocenters. The van der Waals surface area contributed by atoms with Crippen molar-refractivity contribution in [2.75, 3.05) is 6.61 Å². The number of hydrogen-bond acceptors (Lipinski definition) is 3. The van der Waals surface area contributed by atoms with Gasteiger partial charge in [-0.25, -0.2) is 0 Å². The molecule has 1 aromatic rings. The van der Waals surface area contributed by atoms with Gasteiger partial charge in [-0.3, -0.25) is 0 Å². The molecule has 0 saturated carbocycles. The normalized spacial score (nSPS) is 14.1. The number of benzene rings is 1. The summed E-state index contributed by atoms with van der Waals surface area (Å²) in [5.74, 6) is 0.738. The van der Waals surface area contributed by atoms with Gasteiger partial charge in [0.15, 0.2) is 0 Å². The highest BCUT2D eigenvalue weighted by molar-refractivity contribution is 5.26. The third kappa shape index (κ3) is 3.08. The molecule has 0 aliphatic carbocycles. The van der Waals surface area contributed by atoms with Crippen LogP contribution in [0.15, 0.2) is 24.3 Å². The second kappa shape index (κ2) is 4.12. The van der Waals surface area contributed by atoms with E-state index >= 15 is 0 Å². The predicted octanol–water partition coefficient (Wildman–Crippen LogP) is 1.61. The van der Waals surface area contributed by atoms with E-state index in [0.29, 0.717) is 0 Å². The molecule has 0 amide bonds. The van der Waals surface area contributed by atoms with Gasteiger partial charge in [0, 0.05) is 0 Å². The lowest BCUT2D eigenvalue weighted by Crippen LogP contribution is -2.40. The lowest BCUT2D eigenvalue weighted by atomic mass is 10.1. The van der Waals surface area contributed by atoms with Crippen molar-refractivity contribution in [2.45, 2.75) is 19.4 Å². The van der Waals surface area contributed by atoms with E-state index in [-0.39, 0.29) is 6.61 Å². The second-order valence-corrected chi connectivity index (χ2v) is 3.63. The molecular weight excluding hydrogens is 176 g/mol. The first-order valence-corrected chi connectivity index (χ1v) is 4.43. The smallest absolute Gasteiger partial charge is 0.135 e. The van der Waals surface area contributed by atoms with Crippen molar-refractivity contribution in [3.63, 3.8) is 0 Å². The fourth-order valence-electron chi connectivity index (χ4n) is 0.900. The van der Waals surface area contributed by atoms with Gasteiger partial charge in [0.05, 0.1) is 6.07 Å². The summed E-state index contributed by atoms with van der Waals surface area (Å²) >= 11 is 0. The van der Waals surface area contributed by atoms with Crippen LogP contribution in [0.1, 0.15) is 12.5 Å². The molecule has 0 heterocycles. The molecule has 0 aliphatic rings. The van der Waals surface area contributed by atoms with Crippen LogP contribution in [-0.2, 0) is 0 Å². The highest BCUT2D eigenvalue weighted by Crippen LogP contribution is 2.12. The molecule has 0 aliphatic heterocycles. The number of nitriles is 1. The van der Waals surface area contributed by atoms with Gasteiger partial charge >= 0.3 is 0 Å². The molecule has 1 rings (SSSR count). The summed E-state index contributed by atoms with van der Waals surface area (Å²) in [5.41, 5.74) is 5.86. The highest BCUT2D eigenvalue weighted by Gasteiger charge is 2.17. The molecule has 0 spiro atoms. The topological polar surface area (TPSA) is 59.0 Å². The van der Waals surface area contributed by atoms with Crippen molar-refractivity contribution in [1.82, 2.24) is 0 Å². The van der Waals surface area contributed by atoms with Gasteiger partial charge in [-0.1, -0.05) is 17.7 Å². The lowest BCUT2D eigenvalue weighted by Gasteiger charge is -2.16. The lowest BCUT2D eigenvalue weighted by molar-refractivity contribution is 0.264. The number of ether oxygens (including phenoxy) is 1. The summed E-state index contributed by atoms with van der Waals surface area (Å²) in [7, 11) is 0. The van der Waals surface area contributed by atoms with Crippen LogP contribution in [0.3, 0.4) is 0 Å². The maximum absolute atomic E-state index is 8.66. The van der Waals surface area contributed by atoms with E-state index in [1.54, 1.807) is 6.92 Å². The molecule has 1 aromatic carbocycles. The minimum absolute atomic E-state index is 0.201. The van der Waals surface area contributed by atoms with Crippen molar-refractivity contribution in [2.24, 2.45) is 5.73 Å². The van der Waals surface area contributed by atoms with Crippen LogP contribution < -0.4 is 10.5 Å². The summed E-state index contributed by atoms with van der Waals surface area (Å²) in [6.45, 7) is 3.85. The first-order valence-electron chi connectivity index (χ1n) is 4.43. The monoisotopic (exact) mass is 190 g/mol. The molecule has 74 valence electrons. The van der Waals surface area contributed by atoms with E-state index in [2.05, 4.69) is 0 Å². The van der Waals surface area contributed by atoms with E-state index in [1.165, 1.54) is 5.56 Å². The van der Waals surface area contributed by atoms with Gasteiger partial charge in [-0.2, -0.15) is 5.26 Å². The van der Waals surface area contributed by atoms with Crippen molar-refractivity contribution < 1.29 is 4.74 Å². The Hall–Kier alpha value is -1.53. The Morgan fingerprint density at radius 2 is 2.00 bits per heavy atom. The second-order valence-electron chi connectivity index (χ2n) is 3.63. The Morgan fingerprint density at radius 3 is 2.50 bits per heavy atom. The molecule has 14 heavy (non-hydrogen) atoms. The first-order chi connectivity index (χ1) is 6.53. The third-order valence-electron chi connectivity index (χ3n) is 1.82. The average Bonchev–Trinajstić information content (AvgIpc) is 2.17. The Morgan fingerprint density at radius 1 is 1.43 bits per heavy atom. The van der Waals surface area contributed by atoms with Crippen LogP contribution in [0.25, 0.3) is 0 Å². The van der Waals surface area contributed by atoms with E-state index in [0.717, 1.165) is 5.75 Å².